The Kier molecular flexibility index (Phi) is 5.34. The van der Waals surface area contributed by atoms with E-state index >= 15 is 0 Å². The summed E-state index contributed by atoms with van der Waals surface area (Å²) in [5, 5.41) is 11.9. The second kappa shape index (κ2) is 8.72. The highest BCUT2D eigenvalue weighted by Crippen LogP contribution is 2.66. The minimum Gasteiger partial charge on any atom is -0.478 e. The molecule has 3 amide bonds. The zero-order chi connectivity index (χ0) is 27.8. The fourth-order valence-corrected chi connectivity index (χ4v) is 7.83. The van der Waals surface area contributed by atoms with Gasteiger partial charge in [-0.3, -0.25) is 14.4 Å². The highest BCUT2D eigenvalue weighted by atomic mass is 79.9. The van der Waals surface area contributed by atoms with Crippen molar-refractivity contribution in [2.24, 2.45) is 11.8 Å². The topological polar surface area (TPSA) is 104 Å². The number of carbonyl (C=O) groups is 4. The summed E-state index contributed by atoms with van der Waals surface area (Å²) in [6, 6.07) is 28.3. The third-order valence-corrected chi connectivity index (χ3v) is 9.62. The average Bonchev–Trinajstić information content (AvgIpc) is 3.24. The number of benzene rings is 4. The number of aromatic carboxylic acids is 1. The van der Waals surface area contributed by atoms with E-state index in [2.05, 4.69) is 21.2 Å². The van der Waals surface area contributed by atoms with Gasteiger partial charge in [-0.25, -0.2) is 9.69 Å². The van der Waals surface area contributed by atoms with E-state index in [1.54, 1.807) is 36.4 Å². The fraction of sp³-hybridized carbons (Fsp3) is 0.125. The number of amides is 3. The van der Waals surface area contributed by atoms with Crippen molar-refractivity contribution in [2.75, 3.05) is 10.2 Å². The van der Waals surface area contributed by atoms with Crippen molar-refractivity contribution < 1.29 is 24.3 Å². The van der Waals surface area contributed by atoms with Crippen LogP contribution in [-0.4, -0.2) is 28.8 Å². The first kappa shape index (κ1) is 24.5. The number of hydrogen-bond acceptors (Lipinski definition) is 4. The first-order chi connectivity index (χ1) is 19.3. The van der Waals surface area contributed by atoms with Crippen LogP contribution in [0, 0.1) is 11.8 Å². The number of halogens is 1. The Balaban J connectivity index is 1.22. The standard InChI is InChI=1S/C32H21BrN2O5/c33-32-23-10-3-1-8-21(23)25(22-9-2-4-11-24(22)32)26-27(32)30(38)35(29(26)37)20-14-12-17(13-15-20)28(36)34-19-7-5-6-18(16-19)31(39)40/h1-16,25-27H,(H,34,36)(H,39,40)/t25?,26-,27-,32?/m0/s1. The van der Waals surface area contributed by atoms with Gasteiger partial charge in [0.05, 0.1) is 27.4 Å². The minimum atomic E-state index is -1.09. The van der Waals surface area contributed by atoms with E-state index in [1.165, 1.54) is 17.0 Å². The molecule has 1 heterocycles. The molecule has 2 N–H and O–H groups in total. The van der Waals surface area contributed by atoms with Crippen molar-refractivity contribution in [3.63, 3.8) is 0 Å². The smallest absolute Gasteiger partial charge is 0.335 e. The van der Waals surface area contributed by atoms with Gasteiger partial charge in [0.15, 0.2) is 0 Å². The second-order valence-corrected chi connectivity index (χ2v) is 11.5. The van der Waals surface area contributed by atoms with Crippen LogP contribution in [0.25, 0.3) is 0 Å². The van der Waals surface area contributed by atoms with Gasteiger partial charge < -0.3 is 10.4 Å². The number of rotatable bonds is 4. The first-order valence-corrected chi connectivity index (χ1v) is 13.6. The van der Waals surface area contributed by atoms with Crippen molar-refractivity contribution in [1.29, 1.82) is 0 Å². The molecule has 0 radical (unpaired) electrons. The van der Waals surface area contributed by atoms with E-state index < -0.39 is 28.0 Å². The number of hydrogen-bond donors (Lipinski definition) is 2. The number of imide groups is 1. The molecule has 8 rings (SSSR count). The molecule has 40 heavy (non-hydrogen) atoms. The summed E-state index contributed by atoms with van der Waals surface area (Å²) in [6.45, 7) is 0. The van der Waals surface area contributed by atoms with Crippen LogP contribution in [0.3, 0.4) is 0 Å². The number of nitrogens with zero attached hydrogens (tertiary/aromatic N) is 1. The van der Waals surface area contributed by atoms with Crippen molar-refractivity contribution in [1.82, 2.24) is 0 Å². The van der Waals surface area contributed by atoms with Gasteiger partial charge in [-0.1, -0.05) is 70.5 Å². The van der Waals surface area contributed by atoms with Crippen molar-refractivity contribution >= 4 is 51.0 Å². The molecule has 4 aliphatic rings. The Morgan fingerprint density at radius 2 is 1.40 bits per heavy atom. The second-order valence-electron chi connectivity index (χ2n) is 10.3. The lowest BCUT2D eigenvalue weighted by molar-refractivity contribution is -0.122. The molecular weight excluding hydrogens is 572 g/mol. The fourth-order valence-electron chi connectivity index (χ4n) is 6.63. The van der Waals surface area contributed by atoms with Crippen LogP contribution in [0.4, 0.5) is 11.4 Å². The van der Waals surface area contributed by atoms with E-state index in [9.17, 15) is 24.3 Å². The molecule has 2 atom stereocenters. The van der Waals surface area contributed by atoms with Gasteiger partial charge >= 0.3 is 5.97 Å². The number of carboxylic acids is 1. The lowest BCUT2D eigenvalue weighted by atomic mass is 9.55. The molecular formula is C32H21BrN2O5. The molecule has 0 saturated carbocycles. The molecule has 1 fully saturated rings. The zero-order valence-corrected chi connectivity index (χ0v) is 22.5. The Labute approximate surface area is 237 Å². The van der Waals surface area contributed by atoms with Crippen LogP contribution >= 0.6 is 15.9 Å². The van der Waals surface area contributed by atoms with Gasteiger partial charge in [-0.15, -0.1) is 0 Å². The molecule has 7 nitrogen and oxygen atoms in total. The van der Waals surface area contributed by atoms with Crippen molar-refractivity contribution in [2.45, 2.75) is 10.2 Å². The summed E-state index contributed by atoms with van der Waals surface area (Å²) in [5.41, 5.74) is 5.26. The SMILES string of the molecule is O=C(O)c1cccc(NC(=O)c2ccc(N3C(=O)[C@@H]4[C@@H](C3=O)C3c5ccccc5C4(Br)c4ccccc43)cc2)c1. The predicted molar refractivity (Wildman–Crippen MR) is 152 cm³/mol. The maximum atomic E-state index is 14.1. The molecule has 2 bridgehead atoms. The van der Waals surface area contributed by atoms with Crippen LogP contribution < -0.4 is 10.2 Å². The molecule has 196 valence electrons. The Morgan fingerprint density at radius 3 is 2.02 bits per heavy atom. The molecule has 0 aromatic heterocycles. The normalized spacial score (nSPS) is 23.8. The van der Waals surface area contributed by atoms with Crippen molar-refractivity contribution in [3.05, 3.63) is 130 Å². The van der Waals surface area contributed by atoms with Crippen LogP contribution in [0.15, 0.2) is 97.1 Å². The van der Waals surface area contributed by atoms with Gasteiger partial charge in [-0.05, 0) is 64.7 Å². The maximum Gasteiger partial charge on any atom is 0.335 e. The lowest BCUT2D eigenvalue weighted by Crippen LogP contribution is -2.50. The largest absolute Gasteiger partial charge is 0.478 e. The highest BCUT2D eigenvalue weighted by molar-refractivity contribution is 9.09. The Hall–Kier alpha value is -4.56. The van der Waals surface area contributed by atoms with Crippen LogP contribution in [-0.2, 0) is 13.9 Å². The van der Waals surface area contributed by atoms with E-state index in [4.69, 9.17) is 0 Å². The summed E-state index contributed by atoms with van der Waals surface area (Å²) in [7, 11) is 0. The molecule has 4 aromatic carbocycles. The first-order valence-electron chi connectivity index (χ1n) is 12.8. The average molecular weight is 593 g/mol. The van der Waals surface area contributed by atoms with Gasteiger partial charge in [0.25, 0.3) is 5.91 Å². The molecule has 8 heteroatoms. The Morgan fingerprint density at radius 1 is 0.775 bits per heavy atom. The van der Waals surface area contributed by atoms with Crippen LogP contribution in [0.5, 0.6) is 0 Å². The lowest BCUT2D eigenvalue weighted by Gasteiger charge is -2.51. The van der Waals surface area contributed by atoms with Gasteiger partial charge in [-0.2, -0.15) is 0 Å². The number of carbonyl (C=O) groups excluding carboxylic acids is 3. The summed E-state index contributed by atoms with van der Waals surface area (Å²) in [6.07, 6.45) is 0. The molecule has 3 aliphatic carbocycles. The van der Waals surface area contributed by atoms with Gasteiger partial charge in [0.1, 0.15) is 0 Å². The van der Waals surface area contributed by atoms with E-state index in [0.29, 0.717) is 16.9 Å². The Bertz CT molecular complexity index is 1720. The maximum absolute atomic E-state index is 14.1. The zero-order valence-electron chi connectivity index (χ0n) is 20.9. The quantitative estimate of drug-likeness (QED) is 0.239. The third kappa shape index (κ3) is 3.29. The van der Waals surface area contributed by atoms with Crippen LogP contribution in [0.2, 0.25) is 0 Å². The molecule has 0 unspecified atom stereocenters. The molecule has 1 saturated heterocycles. The van der Waals surface area contributed by atoms with Gasteiger partial charge in [0, 0.05) is 17.2 Å². The molecule has 4 aromatic rings. The number of carboxylic acid groups (broad SMARTS) is 1. The predicted octanol–water partition coefficient (Wildman–Crippen LogP) is 5.54. The minimum absolute atomic E-state index is 0.0588. The van der Waals surface area contributed by atoms with E-state index in [1.807, 2.05) is 48.5 Å². The number of alkyl halides is 1. The summed E-state index contributed by atoms with van der Waals surface area (Å²) >= 11 is 3.99. The van der Waals surface area contributed by atoms with Crippen molar-refractivity contribution in [3.8, 4) is 0 Å². The highest BCUT2D eigenvalue weighted by Gasteiger charge is 2.67. The monoisotopic (exact) mass is 592 g/mol. The molecule has 1 aliphatic heterocycles. The molecule has 0 spiro atoms. The number of nitrogens with one attached hydrogen (secondary N) is 1. The van der Waals surface area contributed by atoms with E-state index in [-0.39, 0.29) is 23.3 Å². The summed E-state index contributed by atoms with van der Waals surface area (Å²) in [4.78, 5) is 53.4. The third-order valence-electron chi connectivity index (χ3n) is 8.27. The van der Waals surface area contributed by atoms with Gasteiger partial charge in [0.2, 0.25) is 11.8 Å². The summed E-state index contributed by atoms with van der Waals surface area (Å²) < 4.78 is -0.828. The number of anilines is 2. The van der Waals surface area contributed by atoms with E-state index in [0.717, 1.165) is 22.3 Å². The van der Waals surface area contributed by atoms with Crippen LogP contribution in [0.1, 0.15) is 48.9 Å². The summed E-state index contributed by atoms with van der Waals surface area (Å²) in [5.74, 6) is -3.46.